The molecule has 3 unspecified atom stereocenters. The summed E-state index contributed by atoms with van der Waals surface area (Å²) in [6.45, 7) is 3.49. The van der Waals surface area contributed by atoms with Gasteiger partial charge < -0.3 is 20.5 Å². The van der Waals surface area contributed by atoms with Gasteiger partial charge >= 0.3 is 12.1 Å². The smallest absolute Gasteiger partial charge is 0.407 e. The van der Waals surface area contributed by atoms with E-state index >= 15 is 0 Å². The molecule has 0 heterocycles. The predicted octanol–water partition coefficient (Wildman–Crippen LogP) is 4.49. The summed E-state index contributed by atoms with van der Waals surface area (Å²) in [5.74, 6) is -2.38. The lowest BCUT2D eigenvalue weighted by molar-refractivity contribution is -0.142. The third-order valence-electron chi connectivity index (χ3n) is 6.52. The minimum absolute atomic E-state index is 0.0635. The van der Waals surface area contributed by atoms with E-state index in [2.05, 4.69) is 22.8 Å². The van der Waals surface area contributed by atoms with Crippen molar-refractivity contribution >= 4 is 18.0 Å². The van der Waals surface area contributed by atoms with E-state index in [-0.39, 0.29) is 12.5 Å². The molecule has 0 bridgehead atoms. The molecule has 2 amide bonds. The zero-order chi connectivity index (χ0) is 24.9. The van der Waals surface area contributed by atoms with Gasteiger partial charge in [0.15, 0.2) is 6.04 Å². The van der Waals surface area contributed by atoms with Gasteiger partial charge in [0, 0.05) is 12.0 Å². The van der Waals surface area contributed by atoms with Crippen molar-refractivity contribution in [3.05, 3.63) is 95.6 Å². The molecule has 35 heavy (non-hydrogen) atoms. The number of carboxylic acid groups (broad SMARTS) is 1. The minimum atomic E-state index is -1.17. The van der Waals surface area contributed by atoms with E-state index in [1.807, 2.05) is 36.4 Å². The molecule has 7 heteroatoms. The highest BCUT2D eigenvalue weighted by molar-refractivity contribution is 5.86. The van der Waals surface area contributed by atoms with Crippen LogP contribution in [0.4, 0.5) is 4.79 Å². The third-order valence-corrected chi connectivity index (χ3v) is 6.52. The number of carbonyl (C=O) groups is 3. The highest BCUT2D eigenvalue weighted by Crippen LogP contribution is 2.44. The Morgan fingerprint density at radius 3 is 1.94 bits per heavy atom. The van der Waals surface area contributed by atoms with Gasteiger partial charge in [-0.05, 0) is 34.7 Å². The summed E-state index contributed by atoms with van der Waals surface area (Å²) in [6.07, 6.45) is -0.628. The molecule has 3 aromatic rings. The molecule has 3 aromatic carbocycles. The van der Waals surface area contributed by atoms with Gasteiger partial charge in [0.05, 0.1) is 5.92 Å². The van der Waals surface area contributed by atoms with Gasteiger partial charge in [-0.3, -0.25) is 4.79 Å². The number of carboxylic acids is 1. The fraction of sp³-hybridized carbons (Fsp3) is 0.250. The average Bonchev–Trinajstić information content (AvgIpc) is 3.19. The van der Waals surface area contributed by atoms with Gasteiger partial charge in [-0.2, -0.15) is 0 Å². The van der Waals surface area contributed by atoms with E-state index in [4.69, 9.17) is 4.74 Å². The normalized spacial score (nSPS) is 14.7. The SMILES string of the molecule is CC(NC(=O)OCC1c2ccccc2-c2ccccc21)C(C)C(=O)NC(C(=O)O)c1ccccc1. The number of rotatable bonds is 8. The third kappa shape index (κ3) is 5.19. The maximum absolute atomic E-state index is 12.7. The van der Waals surface area contributed by atoms with E-state index < -0.39 is 36.0 Å². The Hall–Kier alpha value is -4.13. The van der Waals surface area contributed by atoms with Crippen molar-refractivity contribution < 1.29 is 24.2 Å². The molecule has 0 spiro atoms. The van der Waals surface area contributed by atoms with Gasteiger partial charge in [0.2, 0.25) is 5.91 Å². The molecule has 0 aromatic heterocycles. The van der Waals surface area contributed by atoms with Gasteiger partial charge in [-0.25, -0.2) is 9.59 Å². The van der Waals surface area contributed by atoms with Crippen LogP contribution < -0.4 is 10.6 Å². The number of alkyl carbamates (subject to hydrolysis) is 1. The molecular formula is C28H28N2O5. The Morgan fingerprint density at radius 1 is 0.829 bits per heavy atom. The van der Waals surface area contributed by atoms with Crippen LogP contribution in [0.5, 0.6) is 0 Å². The first kappa shape index (κ1) is 24.0. The van der Waals surface area contributed by atoms with Crippen molar-refractivity contribution in [2.75, 3.05) is 6.61 Å². The van der Waals surface area contributed by atoms with E-state index in [9.17, 15) is 19.5 Å². The maximum Gasteiger partial charge on any atom is 0.407 e. The Bertz CT molecular complexity index is 1180. The minimum Gasteiger partial charge on any atom is -0.479 e. The lowest BCUT2D eigenvalue weighted by Gasteiger charge is -2.23. The van der Waals surface area contributed by atoms with Gasteiger partial charge in [-0.1, -0.05) is 85.8 Å². The summed E-state index contributed by atoms with van der Waals surface area (Å²) in [5, 5.41) is 14.8. The van der Waals surface area contributed by atoms with E-state index in [1.165, 1.54) is 0 Å². The molecule has 1 aliphatic rings. The molecule has 3 N–H and O–H groups in total. The van der Waals surface area contributed by atoms with Crippen LogP contribution in [0.2, 0.25) is 0 Å². The first-order valence-corrected chi connectivity index (χ1v) is 11.6. The molecule has 0 fully saturated rings. The van der Waals surface area contributed by atoms with Crippen molar-refractivity contribution in [2.45, 2.75) is 31.8 Å². The fourth-order valence-electron chi connectivity index (χ4n) is 4.38. The molecule has 0 radical (unpaired) electrons. The van der Waals surface area contributed by atoms with E-state index in [0.717, 1.165) is 22.3 Å². The lowest BCUT2D eigenvalue weighted by Crippen LogP contribution is -2.46. The predicted molar refractivity (Wildman–Crippen MR) is 132 cm³/mol. The average molecular weight is 473 g/mol. The Balaban J connectivity index is 1.35. The molecular weight excluding hydrogens is 444 g/mol. The van der Waals surface area contributed by atoms with Gasteiger partial charge in [0.1, 0.15) is 6.61 Å². The summed E-state index contributed by atoms with van der Waals surface area (Å²) >= 11 is 0. The lowest BCUT2D eigenvalue weighted by atomic mass is 9.98. The van der Waals surface area contributed by atoms with Gasteiger partial charge in [-0.15, -0.1) is 0 Å². The van der Waals surface area contributed by atoms with Crippen LogP contribution >= 0.6 is 0 Å². The number of amides is 2. The Kier molecular flexibility index (Phi) is 7.15. The standard InChI is InChI=1S/C28H28N2O5/c1-17(26(31)30-25(27(32)33)19-10-4-3-5-11-19)18(2)29-28(34)35-16-24-22-14-8-6-12-20(22)21-13-7-9-15-23(21)24/h3-15,17-18,24-25H,16H2,1-2H3,(H,29,34)(H,30,31)(H,32,33). The van der Waals surface area contributed by atoms with Crippen LogP contribution in [0.3, 0.4) is 0 Å². The van der Waals surface area contributed by atoms with Crippen LogP contribution in [0.25, 0.3) is 11.1 Å². The van der Waals surface area contributed by atoms with E-state index in [1.54, 1.807) is 44.2 Å². The number of carbonyl (C=O) groups excluding carboxylic acids is 2. The molecule has 0 saturated heterocycles. The van der Waals surface area contributed by atoms with Gasteiger partial charge in [0.25, 0.3) is 0 Å². The number of aliphatic carboxylic acids is 1. The zero-order valence-electron chi connectivity index (χ0n) is 19.6. The maximum atomic E-state index is 12.7. The molecule has 180 valence electrons. The Labute approximate surface area is 204 Å². The van der Waals surface area contributed by atoms with Crippen LogP contribution in [-0.2, 0) is 14.3 Å². The summed E-state index contributed by atoms with van der Waals surface area (Å²) in [7, 11) is 0. The summed E-state index contributed by atoms with van der Waals surface area (Å²) < 4.78 is 5.55. The van der Waals surface area contributed by atoms with Crippen LogP contribution in [0.15, 0.2) is 78.9 Å². The largest absolute Gasteiger partial charge is 0.479 e. The summed E-state index contributed by atoms with van der Waals surface area (Å²) in [6, 6.07) is 22.9. The van der Waals surface area contributed by atoms with Crippen molar-refractivity contribution in [1.82, 2.24) is 10.6 Å². The zero-order valence-corrected chi connectivity index (χ0v) is 19.6. The van der Waals surface area contributed by atoms with E-state index in [0.29, 0.717) is 5.56 Å². The number of hydrogen-bond donors (Lipinski definition) is 3. The molecule has 0 aliphatic heterocycles. The highest BCUT2D eigenvalue weighted by Gasteiger charge is 2.30. The van der Waals surface area contributed by atoms with Crippen molar-refractivity contribution in [2.24, 2.45) is 5.92 Å². The number of nitrogens with one attached hydrogen (secondary N) is 2. The topological polar surface area (TPSA) is 105 Å². The summed E-state index contributed by atoms with van der Waals surface area (Å²) in [5.41, 5.74) is 4.98. The van der Waals surface area contributed by atoms with Crippen molar-refractivity contribution in [3.8, 4) is 11.1 Å². The number of fused-ring (bicyclic) bond motifs is 3. The van der Waals surface area contributed by atoms with Crippen LogP contribution in [0, 0.1) is 5.92 Å². The number of benzene rings is 3. The molecule has 0 saturated carbocycles. The second-order valence-electron chi connectivity index (χ2n) is 8.74. The molecule has 4 rings (SSSR count). The van der Waals surface area contributed by atoms with Crippen LogP contribution in [-0.4, -0.2) is 35.7 Å². The molecule has 7 nitrogen and oxygen atoms in total. The van der Waals surface area contributed by atoms with Crippen LogP contribution in [0.1, 0.15) is 42.5 Å². The molecule has 3 atom stereocenters. The van der Waals surface area contributed by atoms with Crippen molar-refractivity contribution in [3.63, 3.8) is 0 Å². The highest BCUT2D eigenvalue weighted by atomic mass is 16.5. The molecule has 1 aliphatic carbocycles. The first-order valence-electron chi connectivity index (χ1n) is 11.6. The monoisotopic (exact) mass is 472 g/mol. The fourth-order valence-corrected chi connectivity index (χ4v) is 4.38. The summed E-state index contributed by atoms with van der Waals surface area (Å²) in [4.78, 5) is 37.0. The number of ether oxygens (including phenoxy) is 1. The number of hydrogen-bond acceptors (Lipinski definition) is 4. The van der Waals surface area contributed by atoms with Crippen molar-refractivity contribution in [1.29, 1.82) is 0 Å². The second kappa shape index (κ2) is 10.4. The first-order chi connectivity index (χ1) is 16.9. The quantitative estimate of drug-likeness (QED) is 0.448. The second-order valence-corrected chi connectivity index (χ2v) is 8.74. The Morgan fingerprint density at radius 2 is 1.37 bits per heavy atom.